The predicted octanol–water partition coefficient (Wildman–Crippen LogP) is 1.95. The van der Waals surface area contributed by atoms with Crippen LogP contribution in [0.3, 0.4) is 0 Å². The lowest BCUT2D eigenvalue weighted by Crippen LogP contribution is -2.48. The summed E-state index contributed by atoms with van der Waals surface area (Å²) in [6, 6.07) is 5.77. The highest BCUT2D eigenvalue weighted by Gasteiger charge is 2.31. The van der Waals surface area contributed by atoms with Gasteiger partial charge in [-0.1, -0.05) is 12.1 Å². The normalized spacial score (nSPS) is 18.8. The Morgan fingerprint density at radius 3 is 2.67 bits per heavy atom. The maximum absolute atomic E-state index is 12.3. The molecule has 0 radical (unpaired) electrons. The van der Waals surface area contributed by atoms with Gasteiger partial charge >= 0.3 is 5.97 Å². The smallest absolute Gasteiger partial charge is 0.326 e. The van der Waals surface area contributed by atoms with Crippen molar-refractivity contribution in [2.24, 2.45) is 5.92 Å². The number of nitrogens with one attached hydrogen (secondary N) is 1. The van der Waals surface area contributed by atoms with Gasteiger partial charge in [0.1, 0.15) is 6.04 Å². The fraction of sp³-hybridized carbons (Fsp3) is 0.353. The van der Waals surface area contributed by atoms with Crippen LogP contribution in [0.5, 0.6) is 0 Å². The van der Waals surface area contributed by atoms with E-state index in [0.717, 1.165) is 18.4 Å². The van der Waals surface area contributed by atoms with Gasteiger partial charge in [0.2, 0.25) is 0 Å². The van der Waals surface area contributed by atoms with Crippen LogP contribution in [-0.2, 0) is 9.53 Å². The van der Waals surface area contributed by atoms with E-state index in [1.54, 1.807) is 30.5 Å². The van der Waals surface area contributed by atoms with Crippen molar-refractivity contribution in [2.45, 2.75) is 18.9 Å². The summed E-state index contributed by atoms with van der Waals surface area (Å²) in [5, 5.41) is 12.0. The number of aliphatic carboxylic acids is 1. The molecule has 7 heteroatoms. The number of oxazole rings is 1. The number of nitrogens with zero attached hydrogens (tertiary/aromatic N) is 1. The minimum atomic E-state index is -1.04. The van der Waals surface area contributed by atoms with E-state index < -0.39 is 17.9 Å². The van der Waals surface area contributed by atoms with E-state index in [1.807, 2.05) is 0 Å². The summed E-state index contributed by atoms with van der Waals surface area (Å²) in [6.45, 7) is 0.988. The van der Waals surface area contributed by atoms with Crippen molar-refractivity contribution in [3.05, 3.63) is 42.4 Å². The quantitative estimate of drug-likeness (QED) is 0.869. The average Bonchev–Trinajstić information content (AvgIpc) is 3.15. The molecule has 1 saturated heterocycles. The van der Waals surface area contributed by atoms with Crippen molar-refractivity contribution in [1.82, 2.24) is 10.3 Å². The lowest BCUT2D eigenvalue weighted by atomic mass is 9.93. The second-order valence-electron chi connectivity index (χ2n) is 5.71. The monoisotopic (exact) mass is 330 g/mol. The Hall–Kier alpha value is -2.67. The summed E-state index contributed by atoms with van der Waals surface area (Å²) in [5.41, 5.74) is 1.18. The largest absolute Gasteiger partial charge is 0.480 e. The summed E-state index contributed by atoms with van der Waals surface area (Å²) in [5.74, 6) is -1.08. The number of hydrogen-bond donors (Lipinski definition) is 2. The molecule has 1 aliphatic rings. The van der Waals surface area contributed by atoms with Crippen LogP contribution in [-0.4, -0.2) is 41.2 Å². The first-order valence-electron chi connectivity index (χ1n) is 7.75. The fourth-order valence-corrected chi connectivity index (χ4v) is 2.78. The van der Waals surface area contributed by atoms with Gasteiger partial charge in [0.25, 0.3) is 5.91 Å². The molecule has 2 N–H and O–H groups in total. The first kappa shape index (κ1) is 16.2. The van der Waals surface area contributed by atoms with Gasteiger partial charge in [0.05, 0.1) is 12.8 Å². The van der Waals surface area contributed by atoms with Crippen LogP contribution in [0.4, 0.5) is 0 Å². The number of ether oxygens (including phenoxy) is 1. The van der Waals surface area contributed by atoms with E-state index >= 15 is 0 Å². The Morgan fingerprint density at radius 2 is 2.08 bits per heavy atom. The van der Waals surface area contributed by atoms with Crippen LogP contribution in [0.1, 0.15) is 23.2 Å². The summed E-state index contributed by atoms with van der Waals surface area (Å²) < 4.78 is 10.5. The Labute approximate surface area is 138 Å². The first-order valence-corrected chi connectivity index (χ1v) is 7.75. The Morgan fingerprint density at radius 1 is 1.29 bits per heavy atom. The van der Waals surface area contributed by atoms with Gasteiger partial charge in [-0.25, -0.2) is 9.78 Å². The van der Waals surface area contributed by atoms with Crippen molar-refractivity contribution in [1.29, 1.82) is 0 Å². The first-order chi connectivity index (χ1) is 11.6. The van der Waals surface area contributed by atoms with Gasteiger partial charge in [-0.2, -0.15) is 0 Å². The zero-order valence-electron chi connectivity index (χ0n) is 13.0. The molecule has 3 rings (SSSR count). The molecule has 2 unspecified atom stereocenters. The number of aromatic nitrogens is 1. The number of carbonyl (C=O) groups excluding carboxylic acids is 1. The van der Waals surface area contributed by atoms with Crippen LogP contribution < -0.4 is 5.32 Å². The molecular weight excluding hydrogens is 312 g/mol. The molecule has 0 saturated carbocycles. The van der Waals surface area contributed by atoms with Crippen LogP contribution >= 0.6 is 0 Å². The summed E-state index contributed by atoms with van der Waals surface area (Å²) in [7, 11) is 0. The molecule has 1 amide bonds. The van der Waals surface area contributed by atoms with Crippen LogP contribution in [0, 0.1) is 5.92 Å². The van der Waals surface area contributed by atoms with Crippen LogP contribution in [0.2, 0.25) is 0 Å². The highest BCUT2D eigenvalue weighted by molar-refractivity contribution is 5.97. The SMILES string of the molecule is O=C(NC(C(=O)O)C1CCCOC1)c1ccc(-c2cnco2)cc1. The molecule has 0 aliphatic carbocycles. The maximum atomic E-state index is 12.3. The van der Waals surface area contributed by atoms with Crippen molar-refractivity contribution in [2.75, 3.05) is 13.2 Å². The third kappa shape index (κ3) is 3.62. The Bertz CT molecular complexity index is 690. The third-order valence-corrected chi connectivity index (χ3v) is 4.08. The predicted molar refractivity (Wildman–Crippen MR) is 84.4 cm³/mol. The molecule has 0 bridgehead atoms. The summed E-state index contributed by atoms with van der Waals surface area (Å²) in [6.07, 6.45) is 4.44. The highest BCUT2D eigenvalue weighted by Crippen LogP contribution is 2.20. The lowest BCUT2D eigenvalue weighted by molar-refractivity contribution is -0.142. The number of rotatable bonds is 5. The molecule has 1 aromatic carbocycles. The molecule has 2 aromatic rings. The van der Waals surface area contributed by atoms with E-state index in [1.165, 1.54) is 6.39 Å². The van der Waals surface area contributed by atoms with E-state index in [4.69, 9.17) is 9.15 Å². The van der Waals surface area contributed by atoms with E-state index in [-0.39, 0.29) is 5.92 Å². The molecule has 24 heavy (non-hydrogen) atoms. The molecule has 0 spiro atoms. The van der Waals surface area contributed by atoms with E-state index in [0.29, 0.717) is 24.5 Å². The average molecular weight is 330 g/mol. The van der Waals surface area contributed by atoms with Crippen molar-refractivity contribution in [3.8, 4) is 11.3 Å². The molecule has 1 aromatic heterocycles. The minimum Gasteiger partial charge on any atom is -0.480 e. The topological polar surface area (TPSA) is 102 Å². The van der Waals surface area contributed by atoms with Crippen LogP contribution in [0.15, 0.2) is 41.3 Å². The van der Waals surface area contributed by atoms with E-state index in [2.05, 4.69) is 10.3 Å². The number of carboxylic acid groups (broad SMARTS) is 1. The van der Waals surface area contributed by atoms with Gasteiger partial charge in [-0.15, -0.1) is 0 Å². The second kappa shape index (κ2) is 7.27. The molecule has 2 heterocycles. The lowest BCUT2D eigenvalue weighted by Gasteiger charge is -2.28. The number of carbonyl (C=O) groups is 2. The minimum absolute atomic E-state index is 0.214. The number of benzene rings is 1. The molecule has 2 atom stereocenters. The molecule has 126 valence electrons. The summed E-state index contributed by atoms with van der Waals surface area (Å²) >= 11 is 0. The van der Waals surface area contributed by atoms with Crippen LogP contribution in [0.25, 0.3) is 11.3 Å². The zero-order chi connectivity index (χ0) is 16.9. The molecule has 1 aliphatic heterocycles. The zero-order valence-corrected chi connectivity index (χ0v) is 13.0. The van der Waals surface area contributed by atoms with Crippen molar-refractivity contribution >= 4 is 11.9 Å². The van der Waals surface area contributed by atoms with Crippen molar-refractivity contribution in [3.63, 3.8) is 0 Å². The fourth-order valence-electron chi connectivity index (χ4n) is 2.78. The van der Waals surface area contributed by atoms with Gasteiger partial charge in [-0.3, -0.25) is 4.79 Å². The van der Waals surface area contributed by atoms with Gasteiger partial charge < -0.3 is 19.6 Å². The number of carboxylic acids is 1. The molecule has 1 fully saturated rings. The summed E-state index contributed by atoms with van der Waals surface area (Å²) in [4.78, 5) is 27.7. The van der Waals surface area contributed by atoms with Gasteiger partial charge in [-0.05, 0) is 25.0 Å². The number of hydrogen-bond acceptors (Lipinski definition) is 5. The third-order valence-electron chi connectivity index (χ3n) is 4.08. The van der Waals surface area contributed by atoms with E-state index in [9.17, 15) is 14.7 Å². The van der Waals surface area contributed by atoms with Gasteiger partial charge in [0, 0.05) is 23.7 Å². The molecular formula is C17H18N2O5. The second-order valence-corrected chi connectivity index (χ2v) is 5.71. The van der Waals surface area contributed by atoms with Crippen molar-refractivity contribution < 1.29 is 23.8 Å². The Balaban J connectivity index is 1.69. The standard InChI is InChI=1S/C17H18N2O5/c20-16(19-15(17(21)22)13-2-1-7-23-9-13)12-5-3-11(4-6-12)14-8-18-10-24-14/h3-6,8,10,13,15H,1-2,7,9H2,(H,19,20)(H,21,22). The Kier molecular flexibility index (Phi) is 4.90. The van der Waals surface area contributed by atoms with Gasteiger partial charge in [0.15, 0.2) is 12.2 Å². The number of amides is 1. The maximum Gasteiger partial charge on any atom is 0.326 e. The highest BCUT2D eigenvalue weighted by atomic mass is 16.5. The molecule has 7 nitrogen and oxygen atoms in total.